The average Bonchev–Trinajstić information content (AvgIpc) is 3.44. The molecule has 9 heteroatoms. The molecular weight excluding hydrogens is 530 g/mol. The predicted octanol–water partition coefficient (Wildman–Crippen LogP) is 4.73. The van der Waals surface area contributed by atoms with Gasteiger partial charge in [-0.3, -0.25) is 9.59 Å². The average molecular weight is 560 g/mol. The number of hydrogen-bond donors (Lipinski definition) is 0. The monoisotopic (exact) mass is 559 g/mol. The fourth-order valence-electron chi connectivity index (χ4n) is 5.85. The largest absolute Gasteiger partial charge is 0.493 e. The third-order valence-corrected chi connectivity index (χ3v) is 9.43. The van der Waals surface area contributed by atoms with Crippen LogP contribution >= 0.6 is 0 Å². The summed E-state index contributed by atoms with van der Waals surface area (Å²) in [5.41, 5.74) is 3.54. The van der Waals surface area contributed by atoms with Gasteiger partial charge in [0.15, 0.2) is 26.8 Å². The van der Waals surface area contributed by atoms with Crippen LogP contribution in [0.5, 0.6) is 11.5 Å². The molecule has 1 aromatic heterocycles. The van der Waals surface area contributed by atoms with Crippen LogP contribution in [-0.4, -0.2) is 43.9 Å². The molecule has 0 aliphatic carbocycles. The molecule has 0 N–H and O–H groups in total. The van der Waals surface area contributed by atoms with Crippen molar-refractivity contribution in [3.63, 3.8) is 0 Å². The van der Waals surface area contributed by atoms with Gasteiger partial charge in [-0.05, 0) is 60.7 Å². The number of sulfone groups is 1. The summed E-state index contributed by atoms with van der Waals surface area (Å²) in [7, 11) is -1.79. The highest BCUT2D eigenvalue weighted by atomic mass is 32.2. The predicted molar refractivity (Wildman–Crippen MR) is 151 cm³/mol. The van der Waals surface area contributed by atoms with E-state index in [0.29, 0.717) is 41.1 Å². The van der Waals surface area contributed by atoms with Gasteiger partial charge >= 0.3 is 0 Å². The first-order chi connectivity index (χ1) is 19.2. The lowest BCUT2D eigenvalue weighted by atomic mass is 9.96. The van der Waals surface area contributed by atoms with Crippen molar-refractivity contribution in [2.75, 3.05) is 18.6 Å². The lowest BCUT2D eigenvalue weighted by molar-refractivity contribution is 0.0662. The van der Waals surface area contributed by atoms with Crippen molar-refractivity contribution in [3.05, 3.63) is 104 Å². The highest BCUT2D eigenvalue weighted by Gasteiger charge is 2.48. The van der Waals surface area contributed by atoms with E-state index in [9.17, 15) is 18.0 Å². The SMILES string of the molecule is COc1cc(C2c3c(oc4c(C)cc(C)cc4c3=O)C(=O)N2C2CCS(=O)(=O)C2)ccc1OCc1ccccc1. The number of amides is 1. The summed E-state index contributed by atoms with van der Waals surface area (Å²) in [4.78, 5) is 29.4. The first kappa shape index (κ1) is 26.1. The molecule has 2 unspecified atom stereocenters. The molecule has 0 radical (unpaired) electrons. The lowest BCUT2D eigenvalue weighted by Crippen LogP contribution is -2.40. The van der Waals surface area contributed by atoms with Gasteiger partial charge in [0, 0.05) is 6.04 Å². The molecule has 2 aliphatic heterocycles. The molecule has 40 heavy (non-hydrogen) atoms. The number of benzene rings is 3. The number of methoxy groups -OCH3 is 1. The van der Waals surface area contributed by atoms with E-state index < -0.39 is 27.8 Å². The number of fused-ring (bicyclic) bond motifs is 2. The molecule has 2 atom stereocenters. The van der Waals surface area contributed by atoms with Crippen molar-refractivity contribution in [2.24, 2.45) is 0 Å². The summed E-state index contributed by atoms with van der Waals surface area (Å²) in [5.74, 6) is 0.245. The zero-order chi connectivity index (χ0) is 28.2. The van der Waals surface area contributed by atoms with Crippen LogP contribution in [0.15, 0.2) is 69.9 Å². The molecule has 4 aromatic rings. The number of hydrogen-bond acceptors (Lipinski definition) is 7. The van der Waals surface area contributed by atoms with Crippen LogP contribution in [0.3, 0.4) is 0 Å². The van der Waals surface area contributed by atoms with E-state index in [1.165, 1.54) is 12.0 Å². The maximum absolute atomic E-state index is 14.0. The molecule has 1 fully saturated rings. The van der Waals surface area contributed by atoms with Gasteiger partial charge in [-0.1, -0.05) is 42.5 Å². The van der Waals surface area contributed by atoms with Crippen LogP contribution in [0.2, 0.25) is 0 Å². The first-order valence-corrected chi connectivity index (χ1v) is 14.9. The molecule has 3 aromatic carbocycles. The molecule has 1 saturated heterocycles. The first-order valence-electron chi connectivity index (χ1n) is 13.1. The highest BCUT2D eigenvalue weighted by molar-refractivity contribution is 7.91. The minimum atomic E-state index is -3.31. The highest BCUT2D eigenvalue weighted by Crippen LogP contribution is 2.43. The second kappa shape index (κ2) is 9.82. The number of carbonyl (C=O) groups excluding carboxylic acids is 1. The van der Waals surface area contributed by atoms with Crippen molar-refractivity contribution in [1.29, 1.82) is 0 Å². The van der Waals surface area contributed by atoms with E-state index in [0.717, 1.165) is 16.7 Å². The molecule has 2 aliphatic rings. The summed E-state index contributed by atoms with van der Waals surface area (Å²) < 4.78 is 42.7. The zero-order valence-corrected chi connectivity index (χ0v) is 23.3. The van der Waals surface area contributed by atoms with Crippen molar-refractivity contribution in [2.45, 2.75) is 39.0 Å². The third kappa shape index (κ3) is 4.44. The van der Waals surface area contributed by atoms with Crippen LogP contribution in [0.4, 0.5) is 0 Å². The maximum Gasteiger partial charge on any atom is 0.291 e. The second-order valence-electron chi connectivity index (χ2n) is 10.5. The number of rotatable bonds is 6. The smallest absolute Gasteiger partial charge is 0.291 e. The van der Waals surface area contributed by atoms with Crippen LogP contribution in [-0.2, 0) is 16.4 Å². The Hall–Kier alpha value is -4.11. The lowest BCUT2D eigenvalue weighted by Gasteiger charge is -2.30. The normalized spacial score (nSPS) is 19.7. The summed E-state index contributed by atoms with van der Waals surface area (Å²) in [5, 5.41) is 0.393. The Morgan fingerprint density at radius 2 is 1.77 bits per heavy atom. The van der Waals surface area contributed by atoms with Crippen molar-refractivity contribution < 1.29 is 27.1 Å². The van der Waals surface area contributed by atoms with Crippen LogP contribution in [0, 0.1) is 13.8 Å². The Morgan fingerprint density at radius 3 is 2.48 bits per heavy atom. The Morgan fingerprint density at radius 1 is 1.00 bits per heavy atom. The van der Waals surface area contributed by atoms with E-state index >= 15 is 0 Å². The van der Waals surface area contributed by atoms with Gasteiger partial charge in [0.2, 0.25) is 5.76 Å². The van der Waals surface area contributed by atoms with Crippen LogP contribution in [0.1, 0.15) is 50.8 Å². The summed E-state index contributed by atoms with van der Waals surface area (Å²) >= 11 is 0. The Labute approximate surface area is 232 Å². The van der Waals surface area contributed by atoms with E-state index in [4.69, 9.17) is 13.9 Å². The molecule has 0 bridgehead atoms. The van der Waals surface area contributed by atoms with Crippen molar-refractivity contribution >= 4 is 26.7 Å². The Balaban J connectivity index is 1.49. The summed E-state index contributed by atoms with van der Waals surface area (Å²) in [6.07, 6.45) is 0.291. The Bertz CT molecular complexity index is 1810. The van der Waals surface area contributed by atoms with E-state index in [2.05, 4.69) is 0 Å². The fraction of sp³-hybridized carbons (Fsp3) is 0.290. The number of aryl methyl sites for hydroxylation is 2. The topological polar surface area (TPSA) is 103 Å². The molecule has 0 saturated carbocycles. The van der Waals surface area contributed by atoms with Crippen LogP contribution < -0.4 is 14.9 Å². The Kier molecular flexibility index (Phi) is 6.41. The minimum Gasteiger partial charge on any atom is -0.493 e. The molecule has 8 nitrogen and oxygen atoms in total. The molecule has 6 rings (SSSR count). The molecule has 3 heterocycles. The molecule has 0 spiro atoms. The van der Waals surface area contributed by atoms with Gasteiger partial charge in [-0.2, -0.15) is 0 Å². The minimum absolute atomic E-state index is 0.0122. The molecule has 206 valence electrons. The van der Waals surface area contributed by atoms with Crippen molar-refractivity contribution in [3.8, 4) is 11.5 Å². The van der Waals surface area contributed by atoms with Gasteiger partial charge in [0.25, 0.3) is 5.91 Å². The number of ether oxygens (including phenoxy) is 2. The standard InChI is InChI=1S/C31H29NO7S/c1-18-13-19(2)29-23(14-18)28(33)26-27(32(31(34)30(26)39-29)22-11-12-40(35,36)17-22)21-9-10-24(25(15-21)37-3)38-16-20-7-5-4-6-8-20/h4-10,13-15,22,27H,11-12,16-17H2,1-3H3. The van der Waals surface area contributed by atoms with Crippen molar-refractivity contribution in [1.82, 2.24) is 4.90 Å². The quantitative estimate of drug-likeness (QED) is 0.337. The summed E-state index contributed by atoms with van der Waals surface area (Å²) in [6.45, 7) is 4.07. The van der Waals surface area contributed by atoms with Crippen LogP contribution in [0.25, 0.3) is 11.0 Å². The summed E-state index contributed by atoms with van der Waals surface area (Å²) in [6, 6.07) is 17.2. The number of carbonyl (C=O) groups is 1. The third-order valence-electron chi connectivity index (χ3n) is 7.68. The fourth-order valence-corrected chi connectivity index (χ4v) is 7.56. The van der Waals surface area contributed by atoms with Gasteiger partial charge in [0.05, 0.1) is 35.6 Å². The molecular formula is C31H29NO7S. The zero-order valence-electron chi connectivity index (χ0n) is 22.5. The van der Waals surface area contributed by atoms with E-state index in [-0.39, 0.29) is 28.3 Å². The van der Waals surface area contributed by atoms with Gasteiger partial charge < -0.3 is 18.8 Å². The van der Waals surface area contributed by atoms with E-state index in [1.54, 1.807) is 24.3 Å². The van der Waals surface area contributed by atoms with Gasteiger partial charge in [0.1, 0.15) is 12.2 Å². The maximum atomic E-state index is 14.0. The van der Waals surface area contributed by atoms with Gasteiger partial charge in [-0.25, -0.2) is 8.42 Å². The van der Waals surface area contributed by atoms with Gasteiger partial charge in [-0.15, -0.1) is 0 Å². The number of nitrogens with zero attached hydrogens (tertiary/aromatic N) is 1. The van der Waals surface area contributed by atoms with E-state index in [1.807, 2.05) is 50.2 Å². The molecule has 1 amide bonds. The second-order valence-corrected chi connectivity index (χ2v) is 12.7.